The maximum atomic E-state index is 12.6. The second kappa shape index (κ2) is 9.34. The Morgan fingerprint density at radius 2 is 1.81 bits per heavy atom. The van der Waals surface area contributed by atoms with Gasteiger partial charge in [0.25, 0.3) is 11.8 Å². The maximum Gasteiger partial charge on any atom is 0.253 e. The molecule has 0 aliphatic heterocycles. The second-order valence-corrected chi connectivity index (χ2v) is 7.59. The van der Waals surface area contributed by atoms with Crippen LogP contribution >= 0.6 is 0 Å². The van der Waals surface area contributed by atoms with Crippen molar-refractivity contribution < 1.29 is 14.3 Å². The highest BCUT2D eigenvalue weighted by Gasteiger charge is 2.10. The fourth-order valence-electron chi connectivity index (χ4n) is 3.25. The molecule has 0 saturated carbocycles. The van der Waals surface area contributed by atoms with Crippen molar-refractivity contribution in [3.8, 4) is 5.75 Å². The molecule has 0 spiro atoms. The molecule has 0 aliphatic carbocycles. The van der Waals surface area contributed by atoms with Crippen molar-refractivity contribution in [3.05, 3.63) is 102 Å². The van der Waals surface area contributed by atoms with Crippen LogP contribution in [-0.2, 0) is 13.2 Å². The van der Waals surface area contributed by atoms with Gasteiger partial charge in [-0.05, 0) is 48.0 Å². The number of imidazole rings is 1. The highest BCUT2D eigenvalue weighted by Crippen LogP contribution is 2.16. The molecule has 7 nitrogen and oxygen atoms in total. The number of ether oxygens (including phenoxy) is 1. The van der Waals surface area contributed by atoms with E-state index in [4.69, 9.17) is 4.74 Å². The average molecular weight is 428 g/mol. The van der Waals surface area contributed by atoms with Gasteiger partial charge in [0.2, 0.25) is 0 Å². The lowest BCUT2D eigenvalue weighted by Crippen LogP contribution is -2.23. The van der Waals surface area contributed by atoms with Crippen molar-refractivity contribution in [3.63, 3.8) is 0 Å². The molecule has 0 bridgehead atoms. The third-order valence-corrected chi connectivity index (χ3v) is 4.96. The summed E-state index contributed by atoms with van der Waals surface area (Å²) in [5.74, 6) is 0.346. The molecule has 0 unspecified atom stereocenters. The summed E-state index contributed by atoms with van der Waals surface area (Å²) in [6, 6.07) is 20.1. The fraction of sp³-hybridized carbons (Fsp3) is 0.160. The number of pyridine rings is 1. The van der Waals surface area contributed by atoms with Crippen LogP contribution in [0, 0.1) is 0 Å². The van der Waals surface area contributed by atoms with Crippen LogP contribution in [-0.4, -0.2) is 40.2 Å². The van der Waals surface area contributed by atoms with Gasteiger partial charge in [0.05, 0.1) is 5.69 Å². The van der Waals surface area contributed by atoms with E-state index >= 15 is 0 Å². The Bertz CT molecular complexity index is 1210. The third kappa shape index (κ3) is 4.95. The van der Waals surface area contributed by atoms with E-state index in [0.717, 1.165) is 16.9 Å². The number of carbonyl (C=O) groups is 2. The zero-order valence-corrected chi connectivity index (χ0v) is 18.0. The molecule has 0 fully saturated rings. The molecular weight excluding hydrogens is 404 g/mol. The average Bonchev–Trinajstić information content (AvgIpc) is 3.24. The Morgan fingerprint density at radius 3 is 2.56 bits per heavy atom. The minimum absolute atomic E-state index is 0.0546. The normalized spacial score (nSPS) is 10.7. The number of hydrogen-bond donors (Lipinski definition) is 1. The Hall–Kier alpha value is -4.13. The Morgan fingerprint density at radius 1 is 1.00 bits per heavy atom. The summed E-state index contributed by atoms with van der Waals surface area (Å²) in [4.78, 5) is 30.6. The number of amides is 2. The Labute approximate surface area is 186 Å². The van der Waals surface area contributed by atoms with Gasteiger partial charge in [-0.2, -0.15) is 0 Å². The van der Waals surface area contributed by atoms with E-state index in [1.165, 1.54) is 4.90 Å². The standard InChI is InChI=1S/C25H24N4O3/c1-28(2)25(31)19-11-9-18(10-12-19)15-26-24(30)20-6-5-7-22(14-20)32-17-21-16-29-13-4-3-8-23(29)27-21/h3-14,16H,15,17H2,1-2H3,(H,26,30). The SMILES string of the molecule is CN(C)C(=O)c1ccc(CNC(=O)c2cccc(OCc3cn4ccccc4n3)c2)cc1. The summed E-state index contributed by atoms with van der Waals surface area (Å²) in [7, 11) is 3.43. The first-order valence-electron chi connectivity index (χ1n) is 10.2. The quantitative estimate of drug-likeness (QED) is 0.489. The topological polar surface area (TPSA) is 75.9 Å². The van der Waals surface area contributed by atoms with Crippen molar-refractivity contribution in [2.75, 3.05) is 14.1 Å². The predicted molar refractivity (Wildman–Crippen MR) is 122 cm³/mol. The van der Waals surface area contributed by atoms with Gasteiger partial charge in [0.15, 0.2) is 0 Å². The highest BCUT2D eigenvalue weighted by atomic mass is 16.5. The van der Waals surface area contributed by atoms with Crippen LogP contribution in [0.4, 0.5) is 0 Å². The summed E-state index contributed by atoms with van der Waals surface area (Å²) in [5, 5.41) is 2.90. The van der Waals surface area contributed by atoms with E-state index in [0.29, 0.717) is 30.0 Å². The predicted octanol–water partition coefficient (Wildman–Crippen LogP) is 3.55. The van der Waals surface area contributed by atoms with Crippen LogP contribution < -0.4 is 10.1 Å². The monoisotopic (exact) mass is 428 g/mol. The molecule has 4 aromatic rings. The molecule has 2 aromatic heterocycles. The molecule has 162 valence electrons. The molecule has 0 atom stereocenters. The first kappa shape index (κ1) is 21.1. The Balaban J connectivity index is 1.34. The number of nitrogens with one attached hydrogen (secondary N) is 1. The molecular formula is C25H24N4O3. The van der Waals surface area contributed by atoms with Crippen LogP contribution in [0.15, 0.2) is 79.1 Å². The van der Waals surface area contributed by atoms with Gasteiger partial charge in [-0.1, -0.05) is 24.3 Å². The summed E-state index contributed by atoms with van der Waals surface area (Å²) in [6.07, 6.45) is 3.85. The van der Waals surface area contributed by atoms with E-state index in [1.54, 1.807) is 44.4 Å². The fourth-order valence-corrected chi connectivity index (χ4v) is 3.25. The lowest BCUT2D eigenvalue weighted by Gasteiger charge is -2.11. The number of carbonyl (C=O) groups excluding carboxylic acids is 2. The largest absolute Gasteiger partial charge is 0.487 e. The van der Waals surface area contributed by atoms with E-state index in [9.17, 15) is 9.59 Å². The van der Waals surface area contributed by atoms with Crippen molar-refractivity contribution in [1.82, 2.24) is 19.6 Å². The van der Waals surface area contributed by atoms with Crippen LogP contribution in [0.25, 0.3) is 5.65 Å². The van der Waals surface area contributed by atoms with Crippen molar-refractivity contribution in [1.29, 1.82) is 0 Å². The molecule has 1 N–H and O–H groups in total. The zero-order valence-electron chi connectivity index (χ0n) is 18.0. The summed E-state index contributed by atoms with van der Waals surface area (Å²) < 4.78 is 7.77. The molecule has 32 heavy (non-hydrogen) atoms. The van der Waals surface area contributed by atoms with Gasteiger partial charge in [0, 0.05) is 44.2 Å². The van der Waals surface area contributed by atoms with Crippen LogP contribution in [0.2, 0.25) is 0 Å². The number of hydrogen-bond acceptors (Lipinski definition) is 4. The molecule has 2 amide bonds. The lowest BCUT2D eigenvalue weighted by atomic mass is 10.1. The van der Waals surface area contributed by atoms with Gasteiger partial charge < -0.3 is 19.4 Å². The maximum absolute atomic E-state index is 12.6. The van der Waals surface area contributed by atoms with Crippen LogP contribution in [0.1, 0.15) is 32.0 Å². The summed E-state index contributed by atoms with van der Waals surface area (Å²) in [5.41, 5.74) is 3.70. The molecule has 0 saturated heterocycles. The summed E-state index contributed by atoms with van der Waals surface area (Å²) in [6.45, 7) is 0.673. The second-order valence-electron chi connectivity index (χ2n) is 7.59. The highest BCUT2D eigenvalue weighted by molar-refractivity contribution is 5.95. The van der Waals surface area contributed by atoms with E-state index in [1.807, 2.05) is 53.2 Å². The first-order valence-corrected chi connectivity index (χ1v) is 10.2. The minimum Gasteiger partial charge on any atom is -0.487 e. The van der Waals surface area contributed by atoms with Gasteiger partial charge in [-0.25, -0.2) is 4.98 Å². The van der Waals surface area contributed by atoms with Crippen molar-refractivity contribution in [2.24, 2.45) is 0 Å². The van der Waals surface area contributed by atoms with Crippen LogP contribution in [0.5, 0.6) is 5.75 Å². The molecule has 0 radical (unpaired) electrons. The Kier molecular flexibility index (Phi) is 6.17. The molecule has 4 rings (SSSR count). The number of aromatic nitrogens is 2. The molecule has 0 aliphatic rings. The van der Waals surface area contributed by atoms with Crippen molar-refractivity contribution in [2.45, 2.75) is 13.2 Å². The number of benzene rings is 2. The number of fused-ring (bicyclic) bond motifs is 1. The van der Waals surface area contributed by atoms with Gasteiger partial charge in [-0.3, -0.25) is 9.59 Å². The molecule has 7 heteroatoms. The van der Waals surface area contributed by atoms with E-state index < -0.39 is 0 Å². The van der Waals surface area contributed by atoms with Gasteiger partial charge >= 0.3 is 0 Å². The zero-order chi connectivity index (χ0) is 22.5. The minimum atomic E-state index is -0.198. The van der Waals surface area contributed by atoms with Gasteiger partial charge in [-0.15, -0.1) is 0 Å². The number of rotatable bonds is 7. The third-order valence-electron chi connectivity index (χ3n) is 4.96. The lowest BCUT2D eigenvalue weighted by molar-refractivity contribution is 0.0827. The summed E-state index contributed by atoms with van der Waals surface area (Å²) >= 11 is 0. The number of nitrogens with zero attached hydrogens (tertiary/aromatic N) is 3. The van der Waals surface area contributed by atoms with Gasteiger partial charge in [0.1, 0.15) is 18.0 Å². The smallest absolute Gasteiger partial charge is 0.253 e. The molecule has 2 heterocycles. The first-order chi connectivity index (χ1) is 15.5. The van der Waals surface area contributed by atoms with Crippen LogP contribution in [0.3, 0.4) is 0 Å². The van der Waals surface area contributed by atoms with E-state index in [2.05, 4.69) is 10.3 Å². The molecule has 2 aromatic carbocycles. The van der Waals surface area contributed by atoms with Crippen molar-refractivity contribution >= 4 is 17.5 Å². The van der Waals surface area contributed by atoms with E-state index in [-0.39, 0.29) is 11.8 Å².